The van der Waals surface area contributed by atoms with E-state index in [0.29, 0.717) is 11.3 Å². The number of amides is 2. The maximum atomic E-state index is 12.3. The van der Waals surface area contributed by atoms with Crippen molar-refractivity contribution in [1.82, 2.24) is 4.90 Å². The van der Waals surface area contributed by atoms with E-state index in [4.69, 9.17) is 5.73 Å². The number of benzene rings is 1. The van der Waals surface area contributed by atoms with Crippen LogP contribution in [-0.4, -0.2) is 36.3 Å². The van der Waals surface area contributed by atoms with Gasteiger partial charge in [-0.05, 0) is 37.1 Å². The van der Waals surface area contributed by atoms with Gasteiger partial charge in [-0.3, -0.25) is 9.59 Å². The predicted octanol–water partition coefficient (Wildman–Crippen LogP) is 2.27. The summed E-state index contributed by atoms with van der Waals surface area (Å²) in [5.74, 6) is -0.215. The van der Waals surface area contributed by atoms with Crippen LogP contribution >= 0.6 is 12.4 Å². The summed E-state index contributed by atoms with van der Waals surface area (Å²) >= 11 is 0. The number of nitrogens with two attached hydrogens (primary N) is 1. The Hall–Kier alpha value is -1.59. The zero-order valence-electron chi connectivity index (χ0n) is 12.6. The third-order valence-electron chi connectivity index (χ3n) is 2.88. The Balaban J connectivity index is 0.00000400. The highest BCUT2D eigenvalue weighted by molar-refractivity contribution is 5.96. The minimum atomic E-state index is -0.248. The van der Waals surface area contributed by atoms with Crippen molar-refractivity contribution >= 4 is 29.9 Å². The fourth-order valence-corrected chi connectivity index (χ4v) is 1.95. The van der Waals surface area contributed by atoms with Crippen LogP contribution in [-0.2, 0) is 4.79 Å². The van der Waals surface area contributed by atoms with Gasteiger partial charge in [0.05, 0.1) is 6.54 Å². The van der Waals surface area contributed by atoms with E-state index in [1.54, 1.807) is 24.3 Å². The molecule has 0 radical (unpaired) electrons. The van der Waals surface area contributed by atoms with Gasteiger partial charge < -0.3 is 16.0 Å². The molecule has 2 amide bonds. The second-order valence-corrected chi connectivity index (χ2v) is 4.62. The summed E-state index contributed by atoms with van der Waals surface area (Å²) in [6.07, 6.45) is 1.88. The lowest BCUT2D eigenvalue weighted by Gasteiger charge is -2.21. The van der Waals surface area contributed by atoms with Crippen molar-refractivity contribution in [3.63, 3.8) is 0 Å². The Bertz CT molecular complexity index is 443. The standard InChI is InChI=1S/C15H23N3O2.ClH/c1-3-9-18(10-4-2)15(20)12-5-7-13(8-6-12)17-14(19)11-16;/h5-8H,3-4,9-11,16H2,1-2H3,(H,17,19);1H. The number of nitrogens with zero attached hydrogens (tertiary/aromatic N) is 1. The van der Waals surface area contributed by atoms with Crippen LogP contribution < -0.4 is 11.1 Å². The van der Waals surface area contributed by atoms with E-state index >= 15 is 0 Å². The largest absolute Gasteiger partial charge is 0.339 e. The molecule has 0 aliphatic heterocycles. The van der Waals surface area contributed by atoms with E-state index in [1.165, 1.54) is 0 Å². The lowest BCUT2D eigenvalue weighted by molar-refractivity contribution is -0.114. The molecule has 1 aromatic carbocycles. The molecule has 0 saturated carbocycles. The molecule has 0 aliphatic rings. The van der Waals surface area contributed by atoms with Gasteiger partial charge in [0.25, 0.3) is 5.91 Å². The second kappa shape index (κ2) is 10.2. The molecule has 0 aliphatic carbocycles. The van der Waals surface area contributed by atoms with Gasteiger partial charge in [0.15, 0.2) is 0 Å². The van der Waals surface area contributed by atoms with Gasteiger partial charge in [-0.25, -0.2) is 0 Å². The zero-order valence-corrected chi connectivity index (χ0v) is 13.4. The monoisotopic (exact) mass is 313 g/mol. The number of anilines is 1. The quantitative estimate of drug-likeness (QED) is 0.811. The SMILES string of the molecule is CCCN(CCC)C(=O)c1ccc(NC(=O)CN)cc1.Cl. The lowest BCUT2D eigenvalue weighted by atomic mass is 10.1. The molecule has 0 atom stereocenters. The Morgan fingerprint density at radius 2 is 1.62 bits per heavy atom. The van der Waals surface area contributed by atoms with Crippen LogP contribution in [0.15, 0.2) is 24.3 Å². The van der Waals surface area contributed by atoms with Gasteiger partial charge >= 0.3 is 0 Å². The molecule has 1 rings (SSSR count). The molecular weight excluding hydrogens is 290 g/mol. The number of carbonyl (C=O) groups excluding carboxylic acids is 2. The van der Waals surface area contributed by atoms with E-state index in [2.05, 4.69) is 19.2 Å². The molecular formula is C15H24ClN3O2. The Labute approximate surface area is 132 Å². The number of hydrogen-bond acceptors (Lipinski definition) is 3. The van der Waals surface area contributed by atoms with Crippen molar-refractivity contribution < 1.29 is 9.59 Å². The van der Waals surface area contributed by atoms with E-state index < -0.39 is 0 Å². The number of rotatable bonds is 7. The highest BCUT2D eigenvalue weighted by Gasteiger charge is 2.13. The third kappa shape index (κ3) is 6.14. The Morgan fingerprint density at radius 3 is 2.05 bits per heavy atom. The van der Waals surface area contributed by atoms with Gasteiger partial charge in [0.2, 0.25) is 5.91 Å². The van der Waals surface area contributed by atoms with Crippen LogP contribution in [0, 0.1) is 0 Å². The third-order valence-corrected chi connectivity index (χ3v) is 2.88. The van der Waals surface area contributed by atoms with Crippen molar-refractivity contribution in [1.29, 1.82) is 0 Å². The van der Waals surface area contributed by atoms with Crippen LogP contribution in [0.5, 0.6) is 0 Å². The molecule has 0 bridgehead atoms. The molecule has 118 valence electrons. The Kier molecular flexibility index (Phi) is 9.41. The summed E-state index contributed by atoms with van der Waals surface area (Å²) < 4.78 is 0. The number of halogens is 1. The molecule has 3 N–H and O–H groups in total. The van der Waals surface area contributed by atoms with E-state index in [0.717, 1.165) is 25.9 Å². The summed E-state index contributed by atoms with van der Waals surface area (Å²) in [6, 6.07) is 6.90. The van der Waals surface area contributed by atoms with Crippen LogP contribution in [0.2, 0.25) is 0 Å². The minimum Gasteiger partial charge on any atom is -0.339 e. The predicted molar refractivity (Wildman–Crippen MR) is 87.9 cm³/mol. The van der Waals surface area contributed by atoms with Crippen molar-refractivity contribution in [2.45, 2.75) is 26.7 Å². The molecule has 0 spiro atoms. The molecule has 0 aromatic heterocycles. The van der Waals surface area contributed by atoms with E-state index in [9.17, 15) is 9.59 Å². The van der Waals surface area contributed by atoms with Crippen LogP contribution in [0.1, 0.15) is 37.0 Å². The molecule has 0 heterocycles. The number of carbonyl (C=O) groups is 2. The van der Waals surface area contributed by atoms with Gasteiger partial charge in [-0.15, -0.1) is 12.4 Å². The maximum absolute atomic E-state index is 12.3. The zero-order chi connectivity index (χ0) is 15.0. The van der Waals surface area contributed by atoms with Gasteiger partial charge in [-0.1, -0.05) is 13.8 Å². The van der Waals surface area contributed by atoms with Crippen LogP contribution in [0.25, 0.3) is 0 Å². The second-order valence-electron chi connectivity index (χ2n) is 4.62. The summed E-state index contributed by atoms with van der Waals surface area (Å²) in [5, 5.41) is 2.65. The normalized spacial score (nSPS) is 9.67. The average molecular weight is 314 g/mol. The first-order chi connectivity index (χ1) is 9.62. The van der Waals surface area contributed by atoms with Gasteiger partial charge in [0, 0.05) is 24.3 Å². The fraction of sp³-hybridized carbons (Fsp3) is 0.467. The summed E-state index contributed by atoms with van der Waals surface area (Å²) in [6.45, 7) is 5.58. The summed E-state index contributed by atoms with van der Waals surface area (Å²) in [5.41, 5.74) is 6.52. The first-order valence-corrected chi connectivity index (χ1v) is 7.01. The smallest absolute Gasteiger partial charge is 0.253 e. The minimum absolute atomic E-state index is 0. The van der Waals surface area contributed by atoms with Crippen LogP contribution in [0.3, 0.4) is 0 Å². The Morgan fingerprint density at radius 1 is 1.10 bits per heavy atom. The number of hydrogen-bond donors (Lipinski definition) is 2. The molecule has 0 saturated heterocycles. The first-order valence-electron chi connectivity index (χ1n) is 7.01. The van der Waals surface area contributed by atoms with Crippen molar-refractivity contribution in [2.75, 3.05) is 25.0 Å². The topological polar surface area (TPSA) is 75.4 Å². The van der Waals surface area contributed by atoms with Crippen molar-refractivity contribution in [2.24, 2.45) is 5.73 Å². The first kappa shape index (κ1) is 19.4. The highest BCUT2D eigenvalue weighted by atomic mass is 35.5. The molecule has 0 fully saturated rings. The average Bonchev–Trinajstić information content (AvgIpc) is 2.47. The lowest BCUT2D eigenvalue weighted by Crippen LogP contribution is -2.32. The fourth-order valence-electron chi connectivity index (χ4n) is 1.95. The van der Waals surface area contributed by atoms with Crippen molar-refractivity contribution in [3.05, 3.63) is 29.8 Å². The van der Waals surface area contributed by atoms with E-state index in [1.807, 2.05) is 4.90 Å². The molecule has 6 heteroatoms. The molecule has 1 aromatic rings. The van der Waals surface area contributed by atoms with Gasteiger partial charge in [-0.2, -0.15) is 0 Å². The van der Waals surface area contributed by atoms with Crippen LogP contribution in [0.4, 0.5) is 5.69 Å². The molecule has 5 nitrogen and oxygen atoms in total. The van der Waals surface area contributed by atoms with Gasteiger partial charge in [0.1, 0.15) is 0 Å². The van der Waals surface area contributed by atoms with E-state index in [-0.39, 0.29) is 30.8 Å². The summed E-state index contributed by atoms with van der Waals surface area (Å²) in [7, 11) is 0. The number of nitrogens with one attached hydrogen (secondary N) is 1. The molecule has 0 unspecified atom stereocenters. The summed E-state index contributed by atoms with van der Waals surface area (Å²) in [4.78, 5) is 25.4. The maximum Gasteiger partial charge on any atom is 0.253 e. The van der Waals surface area contributed by atoms with Crippen molar-refractivity contribution in [3.8, 4) is 0 Å². The molecule has 21 heavy (non-hydrogen) atoms. The highest BCUT2D eigenvalue weighted by Crippen LogP contribution is 2.12.